The van der Waals surface area contributed by atoms with Gasteiger partial charge in [-0.25, -0.2) is 4.98 Å². The summed E-state index contributed by atoms with van der Waals surface area (Å²) in [5, 5.41) is 9.91. The highest BCUT2D eigenvalue weighted by Gasteiger charge is 2.12. The van der Waals surface area contributed by atoms with Gasteiger partial charge in [-0.3, -0.25) is 4.99 Å². The van der Waals surface area contributed by atoms with E-state index in [0.717, 1.165) is 29.0 Å². The van der Waals surface area contributed by atoms with Crippen molar-refractivity contribution in [1.82, 2.24) is 15.6 Å². The fourth-order valence-corrected chi connectivity index (χ4v) is 3.38. The van der Waals surface area contributed by atoms with Gasteiger partial charge in [-0.1, -0.05) is 39.0 Å². The number of halogens is 1. The zero-order chi connectivity index (χ0) is 18.2. The van der Waals surface area contributed by atoms with Crippen LogP contribution in [0.2, 0.25) is 0 Å². The highest BCUT2D eigenvalue weighted by atomic mass is 127. The smallest absolute Gasteiger partial charge is 0.191 e. The fourth-order valence-electron chi connectivity index (χ4n) is 2.48. The maximum absolute atomic E-state index is 5.45. The van der Waals surface area contributed by atoms with E-state index in [1.807, 2.05) is 18.2 Å². The first-order valence-corrected chi connectivity index (χ1v) is 9.44. The second kappa shape index (κ2) is 11.4. The van der Waals surface area contributed by atoms with Crippen LogP contribution in [0.1, 0.15) is 48.9 Å². The van der Waals surface area contributed by atoms with Gasteiger partial charge in [-0.15, -0.1) is 35.3 Å². The number of hydrogen-bond donors (Lipinski definition) is 2. The Balaban J connectivity index is 0.00000338. The summed E-state index contributed by atoms with van der Waals surface area (Å²) in [6, 6.07) is 8.12. The molecule has 1 atom stereocenters. The first kappa shape index (κ1) is 22.7. The van der Waals surface area contributed by atoms with E-state index >= 15 is 0 Å². The van der Waals surface area contributed by atoms with E-state index in [9.17, 15) is 0 Å². The molecule has 0 radical (unpaired) electrons. The van der Waals surface area contributed by atoms with Gasteiger partial charge in [-0.05, 0) is 17.5 Å². The number of nitrogens with one attached hydrogen (secondary N) is 2. The van der Waals surface area contributed by atoms with Crippen molar-refractivity contribution in [1.29, 1.82) is 0 Å². The summed E-state index contributed by atoms with van der Waals surface area (Å²) in [6.45, 7) is 7.95. The van der Waals surface area contributed by atoms with Crippen LogP contribution in [0, 0.1) is 0 Å². The third-order valence-corrected chi connectivity index (χ3v) is 4.90. The topological polar surface area (TPSA) is 58.5 Å². The molecule has 1 heterocycles. The van der Waals surface area contributed by atoms with E-state index in [-0.39, 0.29) is 24.0 Å². The van der Waals surface area contributed by atoms with Crippen molar-refractivity contribution < 1.29 is 4.74 Å². The molecule has 2 N–H and O–H groups in total. The van der Waals surface area contributed by atoms with E-state index in [4.69, 9.17) is 4.74 Å². The summed E-state index contributed by atoms with van der Waals surface area (Å²) >= 11 is 1.68. The standard InChI is InChI=1S/C19H28N4OS.HI/c1-13(2)16-12-25-18(23-16)11-22-19(20-4)21-10-14(3)15-8-6-7-9-17(15)24-5;/h6-9,12-14H,10-11H2,1-5H3,(H2,20,21,22);1H. The number of aliphatic imine (C=N–C) groups is 1. The second-order valence-electron chi connectivity index (χ2n) is 6.27. The molecule has 5 nitrogen and oxygen atoms in total. The summed E-state index contributed by atoms with van der Waals surface area (Å²) in [5.74, 6) is 2.47. The Morgan fingerprint density at radius 2 is 1.96 bits per heavy atom. The highest BCUT2D eigenvalue weighted by molar-refractivity contribution is 14.0. The third kappa shape index (κ3) is 6.42. The SMILES string of the molecule is CN=C(NCc1nc(C(C)C)cs1)NCC(C)c1ccccc1OC.I. The summed E-state index contributed by atoms with van der Waals surface area (Å²) in [4.78, 5) is 8.93. The van der Waals surface area contributed by atoms with Gasteiger partial charge in [0.25, 0.3) is 0 Å². The third-order valence-electron chi connectivity index (χ3n) is 4.04. The Morgan fingerprint density at radius 1 is 1.23 bits per heavy atom. The largest absolute Gasteiger partial charge is 0.496 e. The second-order valence-corrected chi connectivity index (χ2v) is 7.21. The molecule has 144 valence electrons. The molecular formula is C19H29IN4OS. The van der Waals surface area contributed by atoms with Gasteiger partial charge >= 0.3 is 0 Å². The lowest BCUT2D eigenvalue weighted by molar-refractivity contribution is 0.406. The van der Waals surface area contributed by atoms with E-state index in [0.29, 0.717) is 18.4 Å². The predicted molar refractivity (Wildman–Crippen MR) is 121 cm³/mol. The number of thiazole rings is 1. The van der Waals surface area contributed by atoms with Gasteiger partial charge in [0.15, 0.2) is 5.96 Å². The summed E-state index contributed by atoms with van der Waals surface area (Å²) in [6.07, 6.45) is 0. The van der Waals surface area contributed by atoms with Crippen LogP contribution in [0.3, 0.4) is 0 Å². The van der Waals surface area contributed by atoms with Crippen molar-refractivity contribution in [2.24, 2.45) is 4.99 Å². The van der Waals surface area contributed by atoms with Crippen LogP contribution in [0.25, 0.3) is 0 Å². The molecule has 0 aliphatic carbocycles. The van der Waals surface area contributed by atoms with Crippen LogP contribution >= 0.6 is 35.3 Å². The molecule has 0 aliphatic rings. The number of hydrogen-bond acceptors (Lipinski definition) is 4. The van der Waals surface area contributed by atoms with Crippen LogP contribution in [0.15, 0.2) is 34.6 Å². The molecule has 7 heteroatoms. The first-order valence-electron chi connectivity index (χ1n) is 8.56. The first-order chi connectivity index (χ1) is 12.0. The van der Waals surface area contributed by atoms with Gasteiger partial charge < -0.3 is 15.4 Å². The monoisotopic (exact) mass is 488 g/mol. The minimum atomic E-state index is 0. The lowest BCUT2D eigenvalue weighted by Crippen LogP contribution is -2.38. The molecule has 0 saturated carbocycles. The minimum absolute atomic E-state index is 0. The predicted octanol–water partition coefficient (Wildman–Crippen LogP) is 4.36. The molecule has 0 fully saturated rings. The lowest BCUT2D eigenvalue weighted by atomic mass is 10.0. The maximum atomic E-state index is 5.45. The number of guanidine groups is 1. The van der Waals surface area contributed by atoms with E-state index < -0.39 is 0 Å². The molecule has 2 rings (SSSR count). The molecule has 1 aromatic heterocycles. The Bertz CT molecular complexity index is 702. The van der Waals surface area contributed by atoms with Crippen molar-refractivity contribution in [3.63, 3.8) is 0 Å². The van der Waals surface area contributed by atoms with Crippen LogP contribution in [0.5, 0.6) is 5.75 Å². The molecule has 0 amide bonds. The van der Waals surface area contributed by atoms with Gasteiger partial charge in [0.05, 0.1) is 19.3 Å². The van der Waals surface area contributed by atoms with Crippen molar-refractivity contribution >= 4 is 41.3 Å². The van der Waals surface area contributed by atoms with Gasteiger partial charge in [0.2, 0.25) is 0 Å². The van der Waals surface area contributed by atoms with Crippen LogP contribution in [0.4, 0.5) is 0 Å². The maximum Gasteiger partial charge on any atom is 0.191 e. The molecule has 0 spiro atoms. The molecule has 1 unspecified atom stereocenters. The number of ether oxygens (including phenoxy) is 1. The fraction of sp³-hybridized carbons (Fsp3) is 0.474. The average molecular weight is 488 g/mol. The summed E-state index contributed by atoms with van der Waals surface area (Å²) < 4.78 is 5.45. The van der Waals surface area contributed by atoms with E-state index in [1.54, 1.807) is 25.5 Å². The Labute approximate surface area is 177 Å². The van der Waals surface area contributed by atoms with Gasteiger partial charge in [-0.2, -0.15) is 0 Å². The van der Waals surface area contributed by atoms with Crippen LogP contribution < -0.4 is 15.4 Å². The number of para-hydroxylation sites is 1. The summed E-state index contributed by atoms with van der Waals surface area (Å²) in [5.41, 5.74) is 2.34. The minimum Gasteiger partial charge on any atom is -0.496 e. The molecule has 1 aromatic carbocycles. The number of benzene rings is 1. The molecule has 2 aromatic rings. The van der Waals surface area contributed by atoms with Crippen molar-refractivity contribution in [2.45, 2.75) is 39.2 Å². The molecule has 0 saturated heterocycles. The van der Waals surface area contributed by atoms with Crippen molar-refractivity contribution in [3.05, 3.63) is 45.9 Å². The van der Waals surface area contributed by atoms with E-state index in [2.05, 4.69) is 52.8 Å². The quantitative estimate of drug-likeness (QED) is 0.346. The zero-order valence-electron chi connectivity index (χ0n) is 16.1. The van der Waals surface area contributed by atoms with Crippen LogP contribution in [-0.4, -0.2) is 31.6 Å². The molecule has 26 heavy (non-hydrogen) atoms. The zero-order valence-corrected chi connectivity index (χ0v) is 19.2. The number of rotatable bonds is 7. The molecule has 0 aliphatic heterocycles. The number of nitrogens with zero attached hydrogens (tertiary/aromatic N) is 2. The van der Waals surface area contributed by atoms with E-state index in [1.165, 1.54) is 5.56 Å². The molecular weight excluding hydrogens is 459 g/mol. The number of methoxy groups -OCH3 is 1. The number of aromatic nitrogens is 1. The van der Waals surface area contributed by atoms with Crippen molar-refractivity contribution in [2.75, 3.05) is 20.7 Å². The normalized spacial score (nSPS) is 12.5. The Kier molecular flexibility index (Phi) is 9.93. The van der Waals surface area contributed by atoms with Gasteiger partial charge in [0, 0.05) is 24.9 Å². The molecule has 0 bridgehead atoms. The van der Waals surface area contributed by atoms with Gasteiger partial charge in [0.1, 0.15) is 10.8 Å². The summed E-state index contributed by atoms with van der Waals surface area (Å²) in [7, 11) is 3.49. The average Bonchev–Trinajstić information content (AvgIpc) is 3.11. The Hall–Kier alpha value is -1.35. The van der Waals surface area contributed by atoms with Crippen LogP contribution in [-0.2, 0) is 6.54 Å². The lowest BCUT2D eigenvalue weighted by Gasteiger charge is -2.18. The van der Waals surface area contributed by atoms with Crippen molar-refractivity contribution in [3.8, 4) is 5.75 Å². The Morgan fingerprint density at radius 3 is 2.58 bits per heavy atom. The highest BCUT2D eigenvalue weighted by Crippen LogP contribution is 2.25.